The lowest BCUT2D eigenvalue weighted by molar-refractivity contribution is 0.0912. The molecule has 0 aliphatic heterocycles. The van der Waals surface area contributed by atoms with Gasteiger partial charge < -0.3 is 15.4 Å². The van der Waals surface area contributed by atoms with Gasteiger partial charge in [0.1, 0.15) is 17.2 Å². The van der Waals surface area contributed by atoms with Crippen LogP contribution in [0, 0.1) is 5.82 Å². The number of benzene rings is 1. The zero-order valence-electron chi connectivity index (χ0n) is 14.4. The van der Waals surface area contributed by atoms with Gasteiger partial charge in [-0.05, 0) is 35.9 Å². The molecule has 0 saturated heterocycles. The van der Waals surface area contributed by atoms with Crippen molar-refractivity contribution >= 4 is 28.5 Å². The highest BCUT2D eigenvalue weighted by atomic mass is 35.5. The van der Waals surface area contributed by atoms with Gasteiger partial charge >= 0.3 is 0 Å². The zero-order chi connectivity index (χ0) is 19.7. The number of carbonyl (C=O) groups is 1. The van der Waals surface area contributed by atoms with E-state index in [9.17, 15) is 14.3 Å². The second-order valence-corrected chi connectivity index (χ2v) is 6.56. The summed E-state index contributed by atoms with van der Waals surface area (Å²) in [5.74, 6) is -0.994. The normalized spacial score (nSPS) is 12.2. The smallest absolute Gasteiger partial charge is 0.268 e. The summed E-state index contributed by atoms with van der Waals surface area (Å²) in [6.45, 7) is -0.364. The molecule has 28 heavy (non-hydrogen) atoms. The van der Waals surface area contributed by atoms with Crippen LogP contribution in [0.25, 0.3) is 22.3 Å². The van der Waals surface area contributed by atoms with Crippen molar-refractivity contribution in [1.29, 1.82) is 0 Å². The number of nitrogens with zero attached hydrogens (tertiary/aromatic N) is 2. The van der Waals surface area contributed by atoms with Gasteiger partial charge in [-0.3, -0.25) is 9.89 Å². The molecule has 0 saturated carbocycles. The number of fused-ring (bicyclic) bond motifs is 1. The minimum atomic E-state index is -0.729. The van der Waals surface area contributed by atoms with Gasteiger partial charge in [0, 0.05) is 23.3 Å². The zero-order valence-corrected chi connectivity index (χ0v) is 15.2. The summed E-state index contributed by atoms with van der Waals surface area (Å²) in [6, 6.07) is 8.65. The first kappa shape index (κ1) is 18.1. The van der Waals surface area contributed by atoms with Crippen LogP contribution in [0.1, 0.15) is 22.1 Å². The molecular weight excluding hydrogens is 385 g/mol. The van der Waals surface area contributed by atoms with Gasteiger partial charge in [-0.1, -0.05) is 17.7 Å². The first-order valence-corrected chi connectivity index (χ1v) is 8.79. The predicted molar refractivity (Wildman–Crippen MR) is 102 cm³/mol. The third kappa shape index (κ3) is 3.35. The number of carbonyl (C=O) groups excluding carboxylic acids is 1. The van der Waals surface area contributed by atoms with E-state index in [-0.39, 0.29) is 11.6 Å². The molecule has 1 aromatic carbocycles. The Balaban J connectivity index is 1.56. The Bertz CT molecular complexity index is 1160. The summed E-state index contributed by atoms with van der Waals surface area (Å²) < 4.78 is 13.3. The van der Waals surface area contributed by atoms with Crippen molar-refractivity contribution in [3.63, 3.8) is 0 Å². The van der Waals surface area contributed by atoms with Crippen LogP contribution in [0.5, 0.6) is 0 Å². The van der Waals surface area contributed by atoms with E-state index in [0.717, 1.165) is 10.9 Å². The van der Waals surface area contributed by atoms with E-state index in [1.165, 1.54) is 18.2 Å². The molecule has 142 valence electrons. The largest absolute Gasteiger partial charge is 0.394 e. The molecule has 0 bridgehead atoms. The fourth-order valence-electron chi connectivity index (χ4n) is 2.94. The Morgan fingerprint density at radius 3 is 2.96 bits per heavy atom. The van der Waals surface area contributed by atoms with Crippen LogP contribution < -0.4 is 5.32 Å². The number of halogens is 2. The van der Waals surface area contributed by atoms with Gasteiger partial charge in [-0.15, -0.1) is 0 Å². The van der Waals surface area contributed by atoms with Crippen molar-refractivity contribution < 1.29 is 14.3 Å². The Hall–Kier alpha value is -3.23. The second kappa shape index (κ2) is 7.41. The van der Waals surface area contributed by atoms with E-state index in [2.05, 4.69) is 25.5 Å². The molecule has 1 atom stereocenters. The first-order chi connectivity index (χ1) is 13.6. The average molecular weight is 400 g/mol. The minimum Gasteiger partial charge on any atom is -0.394 e. The summed E-state index contributed by atoms with van der Waals surface area (Å²) in [5.41, 5.74) is 2.83. The number of nitrogens with one attached hydrogen (secondary N) is 3. The van der Waals surface area contributed by atoms with Crippen molar-refractivity contribution in [2.45, 2.75) is 6.04 Å². The molecule has 9 heteroatoms. The van der Waals surface area contributed by atoms with Crippen LogP contribution in [0.15, 0.2) is 48.8 Å². The molecular formula is C19H15ClFN5O2. The summed E-state index contributed by atoms with van der Waals surface area (Å²) in [4.78, 5) is 19.7. The average Bonchev–Trinajstić information content (AvgIpc) is 3.35. The van der Waals surface area contributed by atoms with Crippen LogP contribution in [0.3, 0.4) is 0 Å². The summed E-state index contributed by atoms with van der Waals surface area (Å²) in [6.07, 6.45) is 3.33. The molecule has 0 aliphatic carbocycles. The third-order valence-electron chi connectivity index (χ3n) is 4.37. The maximum atomic E-state index is 13.3. The van der Waals surface area contributed by atoms with E-state index >= 15 is 0 Å². The van der Waals surface area contributed by atoms with E-state index in [4.69, 9.17) is 11.6 Å². The highest BCUT2D eigenvalue weighted by Crippen LogP contribution is 2.26. The molecule has 4 N–H and O–H groups in total. The number of H-pyrrole nitrogens is 2. The second-order valence-electron chi connectivity index (χ2n) is 6.16. The number of aliphatic hydroxyl groups excluding tert-OH is 1. The Morgan fingerprint density at radius 2 is 2.18 bits per heavy atom. The molecule has 1 unspecified atom stereocenters. The lowest BCUT2D eigenvalue weighted by atomic mass is 10.1. The fourth-order valence-corrected chi connectivity index (χ4v) is 3.13. The monoisotopic (exact) mass is 399 g/mol. The van der Waals surface area contributed by atoms with E-state index in [1.807, 2.05) is 6.07 Å². The van der Waals surface area contributed by atoms with Gasteiger partial charge in [0.25, 0.3) is 5.91 Å². The van der Waals surface area contributed by atoms with Crippen LogP contribution in [-0.4, -0.2) is 37.8 Å². The number of rotatable bonds is 5. The lowest BCUT2D eigenvalue weighted by Gasteiger charge is -2.16. The van der Waals surface area contributed by atoms with Gasteiger partial charge in [-0.25, -0.2) is 9.37 Å². The molecule has 4 aromatic rings. The highest BCUT2D eigenvalue weighted by Gasteiger charge is 2.19. The van der Waals surface area contributed by atoms with Crippen molar-refractivity contribution in [3.8, 4) is 11.3 Å². The van der Waals surface area contributed by atoms with E-state index in [1.54, 1.807) is 24.5 Å². The van der Waals surface area contributed by atoms with E-state index in [0.29, 0.717) is 22.6 Å². The van der Waals surface area contributed by atoms with Gasteiger partial charge in [0.05, 0.1) is 17.7 Å². The van der Waals surface area contributed by atoms with Gasteiger partial charge in [0.2, 0.25) is 0 Å². The number of hydrogen-bond acceptors (Lipinski definition) is 4. The topological polar surface area (TPSA) is 107 Å². The molecule has 4 rings (SSSR count). The predicted octanol–water partition coefficient (Wildman–Crippen LogP) is 3.21. The SMILES string of the molecule is O=C(NC(CO)c1ccc(F)c(Cl)c1)c1cc(-c2n[nH]c3ncccc23)c[nH]1. The maximum Gasteiger partial charge on any atom is 0.268 e. The van der Waals surface area contributed by atoms with Crippen molar-refractivity contribution in [1.82, 2.24) is 25.5 Å². The number of aromatic amines is 2. The van der Waals surface area contributed by atoms with Crippen LogP contribution in [0.4, 0.5) is 4.39 Å². The lowest BCUT2D eigenvalue weighted by Crippen LogP contribution is -2.31. The molecule has 7 nitrogen and oxygen atoms in total. The van der Waals surface area contributed by atoms with Crippen molar-refractivity contribution in [3.05, 3.63) is 70.9 Å². The molecule has 0 aliphatic rings. The molecule has 3 heterocycles. The van der Waals surface area contributed by atoms with Crippen molar-refractivity contribution in [2.24, 2.45) is 0 Å². The number of pyridine rings is 1. The number of aliphatic hydroxyl groups is 1. The molecule has 1 amide bonds. The molecule has 0 fully saturated rings. The van der Waals surface area contributed by atoms with Gasteiger partial charge in [-0.2, -0.15) is 5.10 Å². The Labute approximate surface area is 163 Å². The minimum absolute atomic E-state index is 0.0774. The molecule has 0 radical (unpaired) electrons. The van der Waals surface area contributed by atoms with Crippen LogP contribution in [0.2, 0.25) is 5.02 Å². The summed E-state index contributed by atoms with van der Waals surface area (Å²) >= 11 is 5.79. The molecule has 0 spiro atoms. The summed E-state index contributed by atoms with van der Waals surface area (Å²) in [5, 5.41) is 20.2. The first-order valence-electron chi connectivity index (χ1n) is 8.41. The summed E-state index contributed by atoms with van der Waals surface area (Å²) in [7, 11) is 0. The third-order valence-corrected chi connectivity index (χ3v) is 4.66. The quantitative estimate of drug-likeness (QED) is 0.413. The molecule has 3 aromatic heterocycles. The standard InChI is InChI=1S/C19H15ClFN5O2/c20-13-6-10(3-4-14(13)21)16(9-27)24-19(28)15-7-11(8-23-15)17-12-2-1-5-22-18(12)26-25-17/h1-8,16,23,27H,9H2,(H,24,28)(H,22,25,26). The number of amides is 1. The van der Waals surface area contributed by atoms with E-state index < -0.39 is 17.8 Å². The van der Waals surface area contributed by atoms with Crippen LogP contribution >= 0.6 is 11.6 Å². The number of hydrogen-bond donors (Lipinski definition) is 4. The van der Waals surface area contributed by atoms with Crippen molar-refractivity contribution in [2.75, 3.05) is 6.61 Å². The highest BCUT2D eigenvalue weighted by molar-refractivity contribution is 6.30. The van der Waals surface area contributed by atoms with Crippen LogP contribution in [-0.2, 0) is 0 Å². The number of aromatic nitrogens is 4. The maximum absolute atomic E-state index is 13.3. The Kier molecular flexibility index (Phi) is 4.81. The Morgan fingerprint density at radius 1 is 1.32 bits per heavy atom. The van der Waals surface area contributed by atoms with Gasteiger partial charge in [0.15, 0.2) is 5.65 Å². The fraction of sp³-hybridized carbons (Fsp3) is 0.105.